The number of aromatic nitrogens is 3. The zero-order chi connectivity index (χ0) is 19.8. The minimum atomic E-state index is -0.321. The largest absolute Gasteiger partial charge is 0.494 e. The Hall–Kier alpha value is -3.61. The van der Waals surface area contributed by atoms with Gasteiger partial charge < -0.3 is 14.6 Å². The second-order valence-corrected chi connectivity index (χ2v) is 6.59. The van der Waals surface area contributed by atoms with Crippen molar-refractivity contribution in [3.8, 4) is 5.75 Å². The SMILES string of the molecule is CCOc1cccc(NC(=O)c2cc3c(=O)n4cc(C)ccc4nc3n2C)c1. The van der Waals surface area contributed by atoms with Gasteiger partial charge >= 0.3 is 0 Å². The number of fused-ring (bicyclic) bond motifs is 2. The third-order valence-electron chi connectivity index (χ3n) is 4.58. The minimum absolute atomic E-state index is 0.198. The van der Waals surface area contributed by atoms with E-state index in [-0.39, 0.29) is 11.5 Å². The van der Waals surface area contributed by atoms with Gasteiger partial charge in [-0.3, -0.25) is 14.0 Å². The Kier molecular flexibility index (Phi) is 4.35. The molecule has 0 radical (unpaired) electrons. The van der Waals surface area contributed by atoms with Gasteiger partial charge in [-0.1, -0.05) is 12.1 Å². The Morgan fingerprint density at radius 2 is 2.04 bits per heavy atom. The van der Waals surface area contributed by atoms with Crippen molar-refractivity contribution in [2.45, 2.75) is 13.8 Å². The molecule has 7 heteroatoms. The molecule has 1 amide bonds. The molecule has 7 nitrogen and oxygen atoms in total. The van der Waals surface area contributed by atoms with Crippen molar-refractivity contribution in [2.75, 3.05) is 11.9 Å². The molecule has 4 rings (SSSR count). The molecule has 0 unspecified atom stereocenters. The van der Waals surface area contributed by atoms with E-state index in [0.29, 0.717) is 40.4 Å². The molecule has 0 spiro atoms. The van der Waals surface area contributed by atoms with E-state index in [1.54, 1.807) is 42.1 Å². The van der Waals surface area contributed by atoms with Crippen molar-refractivity contribution in [3.63, 3.8) is 0 Å². The van der Waals surface area contributed by atoms with Gasteiger partial charge in [0.1, 0.15) is 22.7 Å². The molecule has 28 heavy (non-hydrogen) atoms. The summed E-state index contributed by atoms with van der Waals surface area (Å²) in [6, 6.07) is 12.5. The number of ether oxygens (including phenoxy) is 1. The van der Waals surface area contributed by atoms with E-state index in [1.165, 1.54) is 4.40 Å². The fourth-order valence-corrected chi connectivity index (χ4v) is 3.22. The van der Waals surface area contributed by atoms with Crippen LogP contribution >= 0.6 is 0 Å². The Bertz CT molecular complexity index is 1270. The zero-order valence-electron chi connectivity index (χ0n) is 15.9. The van der Waals surface area contributed by atoms with Crippen LogP contribution in [0.3, 0.4) is 0 Å². The van der Waals surface area contributed by atoms with E-state index < -0.39 is 0 Å². The first kappa shape index (κ1) is 17.8. The fourth-order valence-electron chi connectivity index (χ4n) is 3.22. The van der Waals surface area contributed by atoms with Crippen LogP contribution in [0.1, 0.15) is 23.0 Å². The molecule has 4 aromatic rings. The normalized spacial score (nSPS) is 11.1. The van der Waals surface area contributed by atoms with Gasteiger partial charge in [-0.05, 0) is 43.7 Å². The fraction of sp³-hybridized carbons (Fsp3) is 0.190. The summed E-state index contributed by atoms with van der Waals surface area (Å²) in [5.41, 5.74) is 2.75. The lowest BCUT2D eigenvalue weighted by molar-refractivity contribution is 0.101. The van der Waals surface area contributed by atoms with Gasteiger partial charge in [0.15, 0.2) is 0 Å². The number of aryl methyl sites for hydroxylation is 2. The average Bonchev–Trinajstić information content (AvgIpc) is 3.00. The predicted octanol–water partition coefficient (Wildman–Crippen LogP) is 3.15. The third kappa shape index (κ3) is 3.00. The van der Waals surface area contributed by atoms with E-state index in [0.717, 1.165) is 5.56 Å². The number of benzene rings is 1. The smallest absolute Gasteiger partial charge is 0.272 e. The number of nitrogens with zero attached hydrogens (tertiary/aromatic N) is 3. The Morgan fingerprint density at radius 3 is 2.82 bits per heavy atom. The average molecular weight is 376 g/mol. The molecule has 142 valence electrons. The standard InChI is InChI=1S/C21H20N4O3/c1-4-28-15-7-5-6-14(10-15)22-20(26)17-11-16-19(24(17)3)23-18-9-8-13(2)12-25(18)21(16)27/h5-12H,4H2,1-3H3,(H,22,26). The van der Waals surface area contributed by atoms with Crippen molar-refractivity contribution in [1.82, 2.24) is 14.0 Å². The molecule has 3 aromatic heterocycles. The van der Waals surface area contributed by atoms with E-state index in [4.69, 9.17) is 4.74 Å². The van der Waals surface area contributed by atoms with Crippen LogP contribution in [0.25, 0.3) is 16.7 Å². The third-order valence-corrected chi connectivity index (χ3v) is 4.58. The van der Waals surface area contributed by atoms with Crippen molar-refractivity contribution >= 4 is 28.3 Å². The van der Waals surface area contributed by atoms with E-state index in [1.807, 2.05) is 32.0 Å². The van der Waals surface area contributed by atoms with Crippen LogP contribution in [0.15, 0.2) is 53.5 Å². The summed E-state index contributed by atoms with van der Waals surface area (Å²) in [7, 11) is 1.73. The van der Waals surface area contributed by atoms with Crippen LogP contribution in [0.2, 0.25) is 0 Å². The van der Waals surface area contributed by atoms with Crippen LogP contribution in [0.5, 0.6) is 5.75 Å². The lowest BCUT2D eigenvalue weighted by atomic mass is 10.2. The summed E-state index contributed by atoms with van der Waals surface area (Å²) in [6.45, 7) is 4.36. The number of carbonyl (C=O) groups is 1. The molecule has 0 aliphatic carbocycles. The minimum Gasteiger partial charge on any atom is -0.494 e. The van der Waals surface area contributed by atoms with Gasteiger partial charge in [-0.15, -0.1) is 0 Å². The summed E-state index contributed by atoms with van der Waals surface area (Å²) >= 11 is 0. The highest BCUT2D eigenvalue weighted by atomic mass is 16.5. The summed E-state index contributed by atoms with van der Waals surface area (Å²) in [5, 5.41) is 3.25. The highest BCUT2D eigenvalue weighted by molar-refractivity contribution is 6.06. The monoisotopic (exact) mass is 376 g/mol. The van der Waals surface area contributed by atoms with Crippen molar-refractivity contribution < 1.29 is 9.53 Å². The predicted molar refractivity (Wildman–Crippen MR) is 108 cm³/mol. The molecule has 0 atom stereocenters. The van der Waals surface area contributed by atoms with Gasteiger partial charge in [-0.25, -0.2) is 4.98 Å². The molecule has 3 heterocycles. The lowest BCUT2D eigenvalue weighted by Gasteiger charge is -2.08. The molecule has 1 N–H and O–H groups in total. The van der Waals surface area contributed by atoms with Crippen LogP contribution in [0.4, 0.5) is 5.69 Å². The van der Waals surface area contributed by atoms with Gasteiger partial charge in [0, 0.05) is 25.0 Å². The number of anilines is 1. The maximum atomic E-state index is 12.9. The summed E-state index contributed by atoms with van der Waals surface area (Å²) < 4.78 is 8.61. The van der Waals surface area contributed by atoms with Gasteiger partial charge in [0.2, 0.25) is 0 Å². The second-order valence-electron chi connectivity index (χ2n) is 6.59. The van der Waals surface area contributed by atoms with Gasteiger partial charge in [-0.2, -0.15) is 0 Å². The molecular formula is C21H20N4O3. The maximum absolute atomic E-state index is 12.9. The number of hydrogen-bond donors (Lipinski definition) is 1. The van der Waals surface area contributed by atoms with Crippen LogP contribution < -0.4 is 15.6 Å². The highest BCUT2D eigenvalue weighted by Gasteiger charge is 2.18. The Balaban J connectivity index is 1.76. The molecule has 0 saturated heterocycles. The first-order chi connectivity index (χ1) is 13.5. The van der Waals surface area contributed by atoms with E-state index in [9.17, 15) is 9.59 Å². The molecule has 0 aliphatic heterocycles. The molecule has 0 fully saturated rings. The van der Waals surface area contributed by atoms with Crippen molar-refractivity contribution in [2.24, 2.45) is 7.05 Å². The molecule has 0 aliphatic rings. The number of carbonyl (C=O) groups excluding carboxylic acids is 1. The topological polar surface area (TPSA) is 77.6 Å². The van der Waals surface area contributed by atoms with Crippen LogP contribution in [0, 0.1) is 6.92 Å². The quantitative estimate of drug-likeness (QED) is 0.594. The maximum Gasteiger partial charge on any atom is 0.272 e. The summed E-state index contributed by atoms with van der Waals surface area (Å²) in [5.74, 6) is 0.359. The van der Waals surface area contributed by atoms with E-state index in [2.05, 4.69) is 10.3 Å². The summed E-state index contributed by atoms with van der Waals surface area (Å²) in [4.78, 5) is 30.2. The number of rotatable bonds is 4. The molecular weight excluding hydrogens is 356 g/mol. The molecule has 0 bridgehead atoms. The van der Waals surface area contributed by atoms with E-state index >= 15 is 0 Å². The first-order valence-corrected chi connectivity index (χ1v) is 9.00. The van der Waals surface area contributed by atoms with Crippen molar-refractivity contribution in [1.29, 1.82) is 0 Å². The first-order valence-electron chi connectivity index (χ1n) is 9.00. The number of amides is 1. The number of nitrogens with one attached hydrogen (secondary N) is 1. The van der Waals surface area contributed by atoms with Crippen LogP contribution in [-0.4, -0.2) is 26.5 Å². The zero-order valence-corrected chi connectivity index (χ0v) is 15.9. The Labute approximate surface area is 161 Å². The number of pyridine rings is 1. The van der Waals surface area contributed by atoms with Crippen LogP contribution in [-0.2, 0) is 7.05 Å². The summed E-state index contributed by atoms with van der Waals surface area (Å²) in [6.07, 6.45) is 1.75. The molecule has 1 aromatic carbocycles. The number of hydrogen-bond acceptors (Lipinski definition) is 4. The van der Waals surface area contributed by atoms with Gasteiger partial charge in [0.25, 0.3) is 11.5 Å². The van der Waals surface area contributed by atoms with Gasteiger partial charge in [0.05, 0.1) is 12.0 Å². The second kappa shape index (κ2) is 6.84. The lowest BCUT2D eigenvalue weighted by Crippen LogP contribution is -2.16. The Morgan fingerprint density at radius 1 is 1.21 bits per heavy atom. The highest BCUT2D eigenvalue weighted by Crippen LogP contribution is 2.20. The molecule has 0 saturated carbocycles. The van der Waals surface area contributed by atoms with Crippen molar-refractivity contribution in [3.05, 3.63) is 70.3 Å².